The lowest BCUT2D eigenvalue weighted by atomic mass is 10.0. The fraction of sp³-hybridized carbons (Fsp3) is 0.679. The van der Waals surface area contributed by atoms with Crippen molar-refractivity contribution in [2.45, 2.75) is 238 Å². The van der Waals surface area contributed by atoms with Crippen LogP contribution in [-0.4, -0.2) is 46.9 Å². The van der Waals surface area contributed by atoms with E-state index in [1.807, 2.05) is 24.3 Å². The molecule has 0 fully saturated rings. The van der Waals surface area contributed by atoms with E-state index in [1.54, 1.807) is 0 Å². The molecule has 6 nitrogen and oxygen atoms in total. The zero-order valence-electron chi connectivity index (χ0n) is 40.2. The third kappa shape index (κ3) is 43.4. The van der Waals surface area contributed by atoms with E-state index in [2.05, 4.69) is 99.0 Å². The van der Waals surface area contributed by atoms with Gasteiger partial charge in [0.05, 0.1) is 25.2 Å². The zero-order valence-corrected chi connectivity index (χ0v) is 40.2. The van der Waals surface area contributed by atoms with Gasteiger partial charge in [-0.15, -0.1) is 0 Å². The average Bonchev–Trinajstić information content (AvgIpc) is 3.26. The van der Waals surface area contributed by atoms with E-state index in [0.717, 1.165) is 96.3 Å². The van der Waals surface area contributed by atoms with E-state index < -0.39 is 18.2 Å². The Morgan fingerprint density at radius 2 is 0.871 bits per heavy atom. The molecule has 0 aromatic heterocycles. The molecule has 0 radical (unpaired) electrons. The molecule has 0 heterocycles. The van der Waals surface area contributed by atoms with Crippen LogP contribution in [0, 0.1) is 0 Å². The highest BCUT2D eigenvalue weighted by Crippen LogP contribution is 2.17. The molecule has 1 amide bonds. The Hall–Kier alpha value is -3.22. The van der Waals surface area contributed by atoms with E-state index in [4.69, 9.17) is 4.74 Å². The van der Waals surface area contributed by atoms with Gasteiger partial charge in [0.25, 0.3) is 0 Å². The normalized spacial score (nSPS) is 14.1. The zero-order chi connectivity index (χ0) is 45.2. The monoisotopic (exact) mass is 862 g/mol. The summed E-state index contributed by atoms with van der Waals surface area (Å²) >= 11 is 0. The van der Waals surface area contributed by atoms with Crippen LogP contribution in [0.5, 0.6) is 0 Å². The van der Waals surface area contributed by atoms with E-state index >= 15 is 0 Å². The first-order valence-electron chi connectivity index (χ1n) is 25.6. The fourth-order valence-electron chi connectivity index (χ4n) is 7.22. The number of aliphatic hydroxyl groups excluding tert-OH is 2. The van der Waals surface area contributed by atoms with Crippen LogP contribution in [0.1, 0.15) is 220 Å². The van der Waals surface area contributed by atoms with Crippen molar-refractivity contribution < 1.29 is 24.5 Å². The largest absolute Gasteiger partial charge is 0.462 e. The minimum Gasteiger partial charge on any atom is -0.462 e. The van der Waals surface area contributed by atoms with Crippen molar-refractivity contribution in [1.82, 2.24) is 5.32 Å². The Morgan fingerprint density at radius 3 is 1.37 bits per heavy atom. The third-order valence-corrected chi connectivity index (χ3v) is 11.1. The number of hydrogen-bond acceptors (Lipinski definition) is 5. The van der Waals surface area contributed by atoms with Gasteiger partial charge >= 0.3 is 5.97 Å². The van der Waals surface area contributed by atoms with Crippen LogP contribution in [-0.2, 0) is 14.3 Å². The first kappa shape index (κ1) is 58.8. The molecule has 0 saturated carbocycles. The molecule has 354 valence electrons. The summed E-state index contributed by atoms with van der Waals surface area (Å²) in [6.45, 7) is 6.28. The number of unbranched alkanes of at least 4 members (excludes halogenated alkanes) is 22. The minimum atomic E-state index is -0.808. The minimum absolute atomic E-state index is 0.0363. The van der Waals surface area contributed by atoms with Crippen molar-refractivity contribution in [1.29, 1.82) is 0 Å². The molecular formula is C56H95NO5. The molecule has 0 aromatic rings. The van der Waals surface area contributed by atoms with E-state index in [1.165, 1.54) is 77.0 Å². The van der Waals surface area contributed by atoms with Crippen molar-refractivity contribution in [3.63, 3.8) is 0 Å². The summed E-state index contributed by atoms with van der Waals surface area (Å²) < 4.78 is 5.91. The van der Waals surface area contributed by atoms with Gasteiger partial charge in [0.2, 0.25) is 5.91 Å². The quantitative estimate of drug-likeness (QED) is 0.0322. The first-order valence-corrected chi connectivity index (χ1v) is 25.6. The van der Waals surface area contributed by atoms with E-state index in [0.29, 0.717) is 19.3 Å². The van der Waals surface area contributed by atoms with Crippen LogP contribution >= 0.6 is 0 Å². The van der Waals surface area contributed by atoms with Gasteiger partial charge in [0.1, 0.15) is 6.10 Å². The molecule has 3 unspecified atom stereocenters. The molecule has 0 aromatic carbocycles. The van der Waals surface area contributed by atoms with Gasteiger partial charge in [-0.3, -0.25) is 9.59 Å². The molecule has 3 N–H and O–H groups in total. The summed E-state index contributed by atoms with van der Waals surface area (Å²) in [5.74, 6) is -0.547. The smallest absolute Gasteiger partial charge is 0.306 e. The van der Waals surface area contributed by atoms with Crippen molar-refractivity contribution >= 4 is 11.9 Å². The first-order chi connectivity index (χ1) is 30.5. The molecule has 0 bridgehead atoms. The third-order valence-electron chi connectivity index (χ3n) is 11.1. The van der Waals surface area contributed by atoms with Crippen LogP contribution < -0.4 is 5.32 Å². The number of aliphatic hydroxyl groups is 2. The number of rotatable bonds is 44. The molecule has 6 heteroatoms. The van der Waals surface area contributed by atoms with Crippen LogP contribution in [0.3, 0.4) is 0 Å². The predicted molar refractivity (Wildman–Crippen MR) is 268 cm³/mol. The van der Waals surface area contributed by atoms with Gasteiger partial charge in [-0.25, -0.2) is 0 Å². The second kappa shape index (κ2) is 48.8. The maximum Gasteiger partial charge on any atom is 0.306 e. The Kier molecular flexibility index (Phi) is 46.3. The summed E-state index contributed by atoms with van der Waals surface area (Å²) in [6.07, 6.45) is 64.5. The number of nitrogens with one attached hydrogen (secondary N) is 1. The van der Waals surface area contributed by atoms with Gasteiger partial charge in [-0.2, -0.15) is 0 Å². The van der Waals surface area contributed by atoms with Crippen LogP contribution in [0.25, 0.3) is 0 Å². The van der Waals surface area contributed by atoms with Crippen molar-refractivity contribution in [3.05, 3.63) is 97.2 Å². The lowest BCUT2D eigenvalue weighted by molar-refractivity contribution is -0.151. The molecule has 0 aliphatic heterocycles. The van der Waals surface area contributed by atoms with Gasteiger partial charge in [0, 0.05) is 6.42 Å². The number of allylic oxidation sites excluding steroid dienone is 16. The second-order valence-corrected chi connectivity index (χ2v) is 17.0. The number of carbonyl (C=O) groups excluding carboxylic acids is 2. The molecule has 0 aliphatic carbocycles. The topological polar surface area (TPSA) is 95.9 Å². The van der Waals surface area contributed by atoms with Gasteiger partial charge in [-0.05, 0) is 70.6 Å². The fourth-order valence-corrected chi connectivity index (χ4v) is 7.22. The Morgan fingerprint density at radius 1 is 0.484 bits per heavy atom. The standard InChI is InChI=1S/C56H95NO5/c1-4-7-10-13-16-19-22-25-27-29-30-32-35-38-41-44-47-52(62-56(61)49-46-43-40-37-34-31-28-26-23-20-17-14-11-8-5-2)50-55(60)57-53(51-58)54(59)48-45-42-39-36-33-24-21-18-15-12-9-6-3/h8,11,14,16-17,19-20,22-23,25-30,32,52-54,58-59H,4-7,9-10,12-13,15,18,21,24,31,33-51H2,1-3H3,(H,57,60)/b11-8+,17-14+,19-16+,23-20+,25-22+,28-26-,29-27+,32-30+. The van der Waals surface area contributed by atoms with Gasteiger partial charge in [-0.1, -0.05) is 234 Å². The molecule has 0 saturated heterocycles. The number of ether oxygens (including phenoxy) is 1. The Balaban J connectivity index is 4.75. The van der Waals surface area contributed by atoms with Gasteiger partial charge in [0.15, 0.2) is 0 Å². The average molecular weight is 862 g/mol. The van der Waals surface area contributed by atoms with Gasteiger partial charge < -0.3 is 20.3 Å². The maximum absolute atomic E-state index is 13.2. The number of carbonyl (C=O) groups is 2. The molecular weight excluding hydrogens is 767 g/mol. The molecule has 0 rings (SSSR count). The summed E-state index contributed by atoms with van der Waals surface area (Å²) in [5, 5.41) is 23.7. The summed E-state index contributed by atoms with van der Waals surface area (Å²) in [7, 11) is 0. The highest BCUT2D eigenvalue weighted by atomic mass is 16.5. The summed E-state index contributed by atoms with van der Waals surface area (Å²) in [6, 6.07) is -0.725. The second-order valence-electron chi connectivity index (χ2n) is 17.0. The molecule has 0 spiro atoms. The molecule has 3 atom stereocenters. The summed E-state index contributed by atoms with van der Waals surface area (Å²) in [4.78, 5) is 26.1. The van der Waals surface area contributed by atoms with Crippen molar-refractivity contribution in [2.24, 2.45) is 0 Å². The van der Waals surface area contributed by atoms with Crippen LogP contribution in [0.2, 0.25) is 0 Å². The highest BCUT2D eigenvalue weighted by molar-refractivity contribution is 5.77. The van der Waals surface area contributed by atoms with Crippen molar-refractivity contribution in [3.8, 4) is 0 Å². The van der Waals surface area contributed by atoms with E-state index in [9.17, 15) is 19.8 Å². The predicted octanol–water partition coefficient (Wildman–Crippen LogP) is 15.3. The number of amides is 1. The maximum atomic E-state index is 13.2. The number of esters is 1. The Labute approximate surface area is 382 Å². The lowest BCUT2D eigenvalue weighted by Gasteiger charge is -2.24. The number of hydrogen-bond donors (Lipinski definition) is 3. The van der Waals surface area contributed by atoms with Crippen LogP contribution in [0.4, 0.5) is 0 Å². The highest BCUT2D eigenvalue weighted by Gasteiger charge is 2.24. The van der Waals surface area contributed by atoms with Crippen LogP contribution in [0.15, 0.2) is 97.2 Å². The van der Waals surface area contributed by atoms with Crippen molar-refractivity contribution in [2.75, 3.05) is 6.61 Å². The van der Waals surface area contributed by atoms with E-state index in [-0.39, 0.29) is 24.9 Å². The lowest BCUT2D eigenvalue weighted by Crippen LogP contribution is -2.46. The SMILES string of the molecule is CC/C=C/C=C/C=C/C=C\CCCCCCCC(=O)OC(CCCCC/C=C/C=C/C=C/C=C/CCCCC)CC(=O)NC(CO)C(O)CCCCCCCCCCCCCC. The molecule has 62 heavy (non-hydrogen) atoms. The molecule has 0 aliphatic rings. The Bertz CT molecular complexity index is 1240. The summed E-state index contributed by atoms with van der Waals surface area (Å²) in [5.41, 5.74) is 0.